The highest BCUT2D eigenvalue weighted by atomic mass is 16.6. The van der Waals surface area contributed by atoms with Crippen molar-refractivity contribution in [3.8, 4) is 0 Å². The molecule has 2 aromatic carbocycles. The largest absolute Gasteiger partial charge is 0.377 e. The van der Waals surface area contributed by atoms with Crippen LogP contribution in [0, 0.1) is 10.1 Å². The fraction of sp³-hybridized carbons (Fsp3) is 0.300. The Balaban J connectivity index is 1.71. The molecule has 1 saturated heterocycles. The minimum absolute atomic E-state index is 0.128. The lowest BCUT2D eigenvalue weighted by atomic mass is 10.1. The first kappa shape index (κ1) is 19.3. The van der Waals surface area contributed by atoms with E-state index in [1.165, 1.54) is 12.1 Å². The third kappa shape index (κ3) is 4.11. The highest BCUT2D eigenvalue weighted by Gasteiger charge is 2.21. The maximum Gasteiger partial charge on any atom is 0.270 e. The van der Waals surface area contributed by atoms with Gasteiger partial charge in [-0.1, -0.05) is 12.1 Å². The van der Waals surface area contributed by atoms with E-state index < -0.39 is 4.92 Å². The van der Waals surface area contributed by atoms with Gasteiger partial charge in [0.05, 0.1) is 10.5 Å². The van der Waals surface area contributed by atoms with E-state index in [0.29, 0.717) is 12.1 Å². The van der Waals surface area contributed by atoms with E-state index in [1.807, 2.05) is 24.3 Å². The van der Waals surface area contributed by atoms with Crippen molar-refractivity contribution in [2.45, 2.75) is 19.4 Å². The molecule has 0 atom stereocenters. The zero-order chi connectivity index (χ0) is 20.3. The number of carbonyl (C=O) groups excluding carboxylic acids is 2. The number of benzene rings is 2. The van der Waals surface area contributed by atoms with E-state index in [1.54, 1.807) is 30.0 Å². The van der Waals surface area contributed by atoms with Crippen LogP contribution in [0.25, 0.3) is 0 Å². The van der Waals surface area contributed by atoms with Crippen LogP contribution in [-0.4, -0.2) is 37.4 Å². The Bertz CT molecular complexity index is 909. The van der Waals surface area contributed by atoms with Crippen molar-refractivity contribution in [3.63, 3.8) is 0 Å². The van der Waals surface area contributed by atoms with Gasteiger partial charge in [-0.2, -0.15) is 0 Å². The summed E-state index contributed by atoms with van der Waals surface area (Å²) in [4.78, 5) is 38.4. The molecule has 0 aromatic heterocycles. The third-order valence-corrected chi connectivity index (χ3v) is 4.69. The molecule has 146 valence electrons. The van der Waals surface area contributed by atoms with Crippen molar-refractivity contribution >= 4 is 28.9 Å². The number of nitro benzene ring substituents is 1. The first-order valence-corrected chi connectivity index (χ1v) is 9.00. The van der Waals surface area contributed by atoms with Gasteiger partial charge in [-0.3, -0.25) is 19.7 Å². The summed E-state index contributed by atoms with van der Waals surface area (Å²) < 4.78 is 0. The maximum atomic E-state index is 12.6. The van der Waals surface area contributed by atoms with Crippen molar-refractivity contribution in [1.29, 1.82) is 0 Å². The van der Waals surface area contributed by atoms with Crippen LogP contribution in [0.4, 0.5) is 17.1 Å². The molecule has 1 fully saturated rings. The van der Waals surface area contributed by atoms with Gasteiger partial charge < -0.3 is 15.1 Å². The average Bonchev–Trinajstić information content (AvgIpc) is 3.11. The summed E-state index contributed by atoms with van der Waals surface area (Å²) in [5, 5.41) is 13.8. The van der Waals surface area contributed by atoms with Gasteiger partial charge in [0, 0.05) is 57.1 Å². The molecule has 2 aromatic rings. The van der Waals surface area contributed by atoms with Gasteiger partial charge in [-0.05, 0) is 30.2 Å². The Morgan fingerprint density at radius 2 is 1.93 bits per heavy atom. The number of amides is 2. The van der Waals surface area contributed by atoms with Gasteiger partial charge in [-0.15, -0.1) is 0 Å². The Hall–Kier alpha value is -3.42. The van der Waals surface area contributed by atoms with E-state index in [2.05, 4.69) is 5.32 Å². The number of hydrogen-bond acceptors (Lipinski definition) is 5. The van der Waals surface area contributed by atoms with Gasteiger partial charge >= 0.3 is 0 Å². The summed E-state index contributed by atoms with van der Waals surface area (Å²) in [7, 11) is 3.55. The number of nitrogens with zero attached hydrogens (tertiary/aromatic N) is 3. The second kappa shape index (κ2) is 8.08. The van der Waals surface area contributed by atoms with Gasteiger partial charge in [0.15, 0.2) is 0 Å². The molecular weight excluding hydrogens is 360 g/mol. The number of carbonyl (C=O) groups is 2. The molecule has 1 N–H and O–H groups in total. The maximum absolute atomic E-state index is 12.6. The zero-order valence-corrected chi connectivity index (χ0v) is 15.8. The predicted octanol–water partition coefficient (Wildman–Crippen LogP) is 2.72. The molecule has 8 heteroatoms. The summed E-state index contributed by atoms with van der Waals surface area (Å²) in [6.07, 6.45) is 1.45. The minimum Gasteiger partial charge on any atom is -0.377 e. The van der Waals surface area contributed by atoms with Crippen LogP contribution in [0.5, 0.6) is 0 Å². The SMILES string of the molecule is CN(C)c1ccc([N+](=O)[O-])cc1C(=O)NCc1ccc(N2CCCC2=O)cc1. The van der Waals surface area contributed by atoms with Crippen molar-refractivity contribution in [2.24, 2.45) is 0 Å². The highest BCUT2D eigenvalue weighted by Crippen LogP contribution is 2.25. The summed E-state index contributed by atoms with van der Waals surface area (Å²) in [5.41, 5.74) is 2.45. The molecule has 1 aliphatic heterocycles. The molecular formula is C20H22N4O4. The lowest BCUT2D eigenvalue weighted by molar-refractivity contribution is -0.384. The summed E-state index contributed by atoms with van der Waals surface area (Å²) in [5.74, 6) is -0.255. The smallest absolute Gasteiger partial charge is 0.270 e. The standard InChI is InChI=1S/C20H22N4O4/c1-22(2)18-10-9-16(24(27)28)12-17(18)20(26)21-13-14-5-7-15(8-6-14)23-11-3-4-19(23)25/h5-10,12H,3-4,11,13H2,1-2H3,(H,21,26). The molecule has 3 rings (SSSR count). The highest BCUT2D eigenvalue weighted by molar-refractivity contribution is 6.00. The van der Waals surface area contributed by atoms with Crippen molar-refractivity contribution < 1.29 is 14.5 Å². The monoisotopic (exact) mass is 382 g/mol. The lowest BCUT2D eigenvalue weighted by Gasteiger charge is -2.17. The molecule has 1 aliphatic rings. The quantitative estimate of drug-likeness (QED) is 0.612. The van der Waals surface area contributed by atoms with Crippen LogP contribution in [0.3, 0.4) is 0 Å². The summed E-state index contributed by atoms with van der Waals surface area (Å²) >= 11 is 0. The number of anilines is 2. The Labute approximate surface area is 162 Å². The van der Waals surface area contributed by atoms with Gasteiger partial charge in [0.1, 0.15) is 0 Å². The molecule has 1 heterocycles. The number of non-ortho nitro benzene ring substituents is 1. The van der Waals surface area contributed by atoms with E-state index in [9.17, 15) is 19.7 Å². The molecule has 0 aliphatic carbocycles. The number of nitrogens with one attached hydrogen (secondary N) is 1. The van der Waals surface area contributed by atoms with E-state index in [-0.39, 0.29) is 29.6 Å². The molecule has 2 amide bonds. The Kier molecular flexibility index (Phi) is 5.58. The first-order valence-electron chi connectivity index (χ1n) is 9.00. The van der Waals surface area contributed by atoms with E-state index >= 15 is 0 Å². The fourth-order valence-electron chi connectivity index (χ4n) is 3.20. The molecule has 28 heavy (non-hydrogen) atoms. The van der Waals surface area contributed by atoms with Crippen molar-refractivity contribution in [1.82, 2.24) is 5.32 Å². The van der Waals surface area contributed by atoms with Crippen LogP contribution >= 0.6 is 0 Å². The Morgan fingerprint density at radius 3 is 2.50 bits per heavy atom. The molecule has 0 bridgehead atoms. The van der Waals surface area contributed by atoms with Gasteiger partial charge in [0.2, 0.25) is 5.91 Å². The number of hydrogen-bond donors (Lipinski definition) is 1. The average molecular weight is 382 g/mol. The van der Waals surface area contributed by atoms with Crippen LogP contribution < -0.4 is 15.1 Å². The van der Waals surface area contributed by atoms with E-state index in [4.69, 9.17) is 0 Å². The Morgan fingerprint density at radius 1 is 1.21 bits per heavy atom. The fourth-order valence-corrected chi connectivity index (χ4v) is 3.20. The first-order chi connectivity index (χ1) is 13.4. The summed E-state index contributed by atoms with van der Waals surface area (Å²) in [6.45, 7) is 1.01. The molecule has 0 radical (unpaired) electrons. The zero-order valence-electron chi connectivity index (χ0n) is 15.8. The second-order valence-electron chi connectivity index (χ2n) is 6.85. The van der Waals surface area contributed by atoms with Crippen molar-refractivity contribution in [2.75, 3.05) is 30.4 Å². The number of nitro groups is 1. The van der Waals surface area contributed by atoms with Crippen LogP contribution in [0.2, 0.25) is 0 Å². The van der Waals surface area contributed by atoms with Gasteiger partial charge in [0.25, 0.3) is 11.6 Å². The van der Waals surface area contributed by atoms with Crippen molar-refractivity contribution in [3.05, 3.63) is 63.7 Å². The van der Waals surface area contributed by atoms with Crippen LogP contribution in [0.15, 0.2) is 42.5 Å². The number of rotatable bonds is 6. The second-order valence-corrected chi connectivity index (χ2v) is 6.85. The molecule has 0 spiro atoms. The molecule has 8 nitrogen and oxygen atoms in total. The van der Waals surface area contributed by atoms with Crippen LogP contribution in [0.1, 0.15) is 28.8 Å². The van der Waals surface area contributed by atoms with Crippen LogP contribution in [-0.2, 0) is 11.3 Å². The minimum atomic E-state index is -0.519. The predicted molar refractivity (Wildman–Crippen MR) is 107 cm³/mol. The topological polar surface area (TPSA) is 95.8 Å². The molecule has 0 saturated carbocycles. The normalized spacial score (nSPS) is 13.5. The van der Waals surface area contributed by atoms with E-state index in [0.717, 1.165) is 24.2 Å². The summed E-state index contributed by atoms with van der Waals surface area (Å²) in [6, 6.07) is 11.7. The molecule has 0 unspecified atom stereocenters. The third-order valence-electron chi connectivity index (χ3n) is 4.69. The van der Waals surface area contributed by atoms with Gasteiger partial charge in [-0.25, -0.2) is 0 Å². The lowest BCUT2D eigenvalue weighted by Crippen LogP contribution is -2.26.